The van der Waals surface area contributed by atoms with Gasteiger partial charge in [0.25, 0.3) is 0 Å². The molecule has 3 aromatic rings. The van der Waals surface area contributed by atoms with Gasteiger partial charge in [0, 0.05) is 26.2 Å². The fourth-order valence-corrected chi connectivity index (χ4v) is 2.81. The number of carbonyl (C=O) groups excluding carboxylic acids is 1. The van der Waals surface area contributed by atoms with Gasteiger partial charge in [0.1, 0.15) is 0 Å². The van der Waals surface area contributed by atoms with Crippen molar-refractivity contribution in [3.63, 3.8) is 0 Å². The van der Waals surface area contributed by atoms with Crippen LogP contribution in [0.1, 0.15) is 25.1 Å². The molecule has 0 radical (unpaired) electrons. The summed E-state index contributed by atoms with van der Waals surface area (Å²) in [6.07, 6.45) is 1.94. The second-order valence-electron chi connectivity index (χ2n) is 5.78. The van der Waals surface area contributed by atoms with Crippen LogP contribution in [-0.4, -0.2) is 20.0 Å². The van der Waals surface area contributed by atoms with Crippen molar-refractivity contribution in [2.24, 2.45) is 7.05 Å². The molecular formula is C18H20N4O2. The lowest BCUT2D eigenvalue weighted by atomic mass is 10.2. The minimum absolute atomic E-state index is 0.104. The summed E-state index contributed by atoms with van der Waals surface area (Å²) < 4.78 is 3.24. The topological polar surface area (TPSA) is 68.9 Å². The summed E-state index contributed by atoms with van der Waals surface area (Å²) in [5, 5.41) is 2.92. The number of aryl methyl sites for hydroxylation is 2. The second-order valence-corrected chi connectivity index (χ2v) is 5.78. The zero-order chi connectivity index (χ0) is 17.1. The van der Waals surface area contributed by atoms with E-state index in [1.54, 1.807) is 22.4 Å². The molecule has 1 aromatic carbocycles. The van der Waals surface area contributed by atoms with E-state index in [0.29, 0.717) is 6.54 Å². The minimum Gasteiger partial charge on any atom is -0.348 e. The lowest BCUT2D eigenvalue weighted by Crippen LogP contribution is -2.30. The molecule has 0 aliphatic rings. The van der Waals surface area contributed by atoms with E-state index in [1.165, 1.54) is 0 Å². The zero-order valence-electron chi connectivity index (χ0n) is 13.8. The average molecular weight is 324 g/mol. The van der Waals surface area contributed by atoms with E-state index in [9.17, 15) is 9.59 Å². The molecule has 0 saturated heterocycles. The van der Waals surface area contributed by atoms with Crippen molar-refractivity contribution in [3.8, 4) is 0 Å². The molecule has 0 spiro atoms. The highest BCUT2D eigenvalue weighted by Crippen LogP contribution is 2.12. The SMILES string of the molecule is CC(NC(=O)CCn1c(=O)n(C)c2ccccc21)c1ccccn1. The largest absolute Gasteiger partial charge is 0.348 e. The number of amides is 1. The van der Waals surface area contributed by atoms with E-state index in [-0.39, 0.29) is 24.1 Å². The average Bonchev–Trinajstić information content (AvgIpc) is 2.85. The summed E-state index contributed by atoms with van der Waals surface area (Å²) in [6.45, 7) is 2.24. The Morgan fingerprint density at radius 1 is 1.17 bits per heavy atom. The lowest BCUT2D eigenvalue weighted by Gasteiger charge is -2.13. The molecule has 0 fully saturated rings. The highest BCUT2D eigenvalue weighted by atomic mass is 16.2. The fourth-order valence-electron chi connectivity index (χ4n) is 2.81. The van der Waals surface area contributed by atoms with E-state index in [0.717, 1.165) is 16.7 Å². The number of hydrogen-bond acceptors (Lipinski definition) is 3. The molecule has 1 unspecified atom stereocenters. The molecule has 1 atom stereocenters. The summed E-state index contributed by atoms with van der Waals surface area (Å²) >= 11 is 0. The van der Waals surface area contributed by atoms with Gasteiger partial charge in [-0.25, -0.2) is 4.79 Å². The molecule has 0 saturated carbocycles. The first-order valence-electron chi connectivity index (χ1n) is 7.92. The summed E-state index contributed by atoms with van der Waals surface area (Å²) in [4.78, 5) is 28.8. The van der Waals surface area contributed by atoms with Crippen molar-refractivity contribution in [2.75, 3.05) is 0 Å². The Morgan fingerprint density at radius 3 is 2.58 bits per heavy atom. The van der Waals surface area contributed by atoms with Crippen LogP contribution >= 0.6 is 0 Å². The Kier molecular flexibility index (Phi) is 4.46. The number of benzene rings is 1. The first-order valence-corrected chi connectivity index (χ1v) is 7.92. The maximum Gasteiger partial charge on any atom is 0.328 e. The molecule has 0 aliphatic heterocycles. The molecule has 1 N–H and O–H groups in total. The van der Waals surface area contributed by atoms with E-state index in [4.69, 9.17) is 0 Å². The zero-order valence-corrected chi connectivity index (χ0v) is 13.8. The predicted molar refractivity (Wildman–Crippen MR) is 92.6 cm³/mol. The molecule has 6 heteroatoms. The number of nitrogens with one attached hydrogen (secondary N) is 1. The number of rotatable bonds is 5. The number of carbonyl (C=O) groups is 1. The normalized spacial score (nSPS) is 12.2. The van der Waals surface area contributed by atoms with Crippen LogP contribution in [0.15, 0.2) is 53.5 Å². The molecule has 3 rings (SSSR count). The number of hydrogen-bond donors (Lipinski definition) is 1. The summed E-state index contributed by atoms with van der Waals surface area (Å²) in [5.74, 6) is -0.104. The van der Waals surface area contributed by atoms with Crippen LogP contribution in [0.2, 0.25) is 0 Å². The maximum atomic E-state index is 12.3. The summed E-state index contributed by atoms with van der Waals surface area (Å²) in [7, 11) is 1.74. The highest BCUT2D eigenvalue weighted by Gasteiger charge is 2.13. The standard InChI is InChI=1S/C18H20N4O2/c1-13(14-7-5-6-11-19-14)20-17(23)10-12-22-16-9-4-3-8-15(16)21(2)18(22)24/h3-9,11,13H,10,12H2,1-2H3,(H,20,23). The van der Waals surface area contributed by atoms with Gasteiger partial charge >= 0.3 is 5.69 Å². The molecule has 0 aliphatic carbocycles. The Hall–Kier alpha value is -2.89. The van der Waals surface area contributed by atoms with Gasteiger partial charge in [-0.3, -0.25) is 18.9 Å². The minimum atomic E-state index is -0.164. The van der Waals surface area contributed by atoms with Gasteiger partial charge in [-0.1, -0.05) is 18.2 Å². The number of nitrogens with zero attached hydrogens (tertiary/aromatic N) is 3. The molecule has 6 nitrogen and oxygen atoms in total. The molecule has 124 valence electrons. The van der Waals surface area contributed by atoms with Crippen LogP contribution in [0.25, 0.3) is 11.0 Å². The van der Waals surface area contributed by atoms with Crippen LogP contribution in [0.5, 0.6) is 0 Å². The smallest absolute Gasteiger partial charge is 0.328 e. The molecule has 2 aromatic heterocycles. The van der Waals surface area contributed by atoms with Crippen LogP contribution in [0.4, 0.5) is 0 Å². The van der Waals surface area contributed by atoms with Crippen molar-refractivity contribution in [2.45, 2.75) is 25.9 Å². The van der Waals surface area contributed by atoms with Crippen molar-refractivity contribution >= 4 is 16.9 Å². The van der Waals surface area contributed by atoms with Crippen molar-refractivity contribution in [3.05, 3.63) is 64.8 Å². The molecular weight excluding hydrogens is 304 g/mol. The molecule has 24 heavy (non-hydrogen) atoms. The van der Waals surface area contributed by atoms with Gasteiger partial charge < -0.3 is 5.32 Å². The third-order valence-electron chi connectivity index (χ3n) is 4.12. The third-order valence-corrected chi connectivity index (χ3v) is 4.12. The first-order chi connectivity index (χ1) is 11.6. The van der Waals surface area contributed by atoms with Gasteiger partial charge in [-0.2, -0.15) is 0 Å². The Balaban J connectivity index is 1.69. The van der Waals surface area contributed by atoms with Gasteiger partial charge in [-0.05, 0) is 31.2 Å². The van der Waals surface area contributed by atoms with Crippen molar-refractivity contribution in [1.29, 1.82) is 0 Å². The van der Waals surface area contributed by atoms with E-state index in [2.05, 4.69) is 10.3 Å². The first kappa shape index (κ1) is 16.0. The van der Waals surface area contributed by atoms with Crippen LogP contribution in [0.3, 0.4) is 0 Å². The number of imidazole rings is 1. The summed E-state index contributed by atoms with van der Waals surface area (Å²) in [5.41, 5.74) is 2.41. The Bertz CT molecular complexity index is 912. The quantitative estimate of drug-likeness (QED) is 0.780. The highest BCUT2D eigenvalue weighted by molar-refractivity contribution is 5.78. The molecule has 2 heterocycles. The van der Waals surface area contributed by atoms with Gasteiger partial charge in [-0.15, -0.1) is 0 Å². The van der Waals surface area contributed by atoms with Gasteiger partial charge in [0.15, 0.2) is 0 Å². The number of pyridine rings is 1. The number of para-hydroxylation sites is 2. The maximum absolute atomic E-state index is 12.3. The van der Waals surface area contributed by atoms with Crippen LogP contribution in [0, 0.1) is 0 Å². The fraction of sp³-hybridized carbons (Fsp3) is 0.278. The van der Waals surface area contributed by atoms with Crippen LogP contribution < -0.4 is 11.0 Å². The lowest BCUT2D eigenvalue weighted by molar-refractivity contribution is -0.122. The third kappa shape index (κ3) is 3.08. The van der Waals surface area contributed by atoms with Crippen molar-refractivity contribution < 1.29 is 4.79 Å². The van der Waals surface area contributed by atoms with Gasteiger partial charge in [0.2, 0.25) is 5.91 Å². The Morgan fingerprint density at radius 2 is 1.88 bits per heavy atom. The van der Waals surface area contributed by atoms with E-state index in [1.807, 2.05) is 49.4 Å². The molecule has 1 amide bonds. The monoisotopic (exact) mass is 324 g/mol. The number of aromatic nitrogens is 3. The van der Waals surface area contributed by atoms with E-state index >= 15 is 0 Å². The van der Waals surface area contributed by atoms with Crippen molar-refractivity contribution in [1.82, 2.24) is 19.4 Å². The predicted octanol–water partition coefficient (Wildman–Crippen LogP) is 2.00. The second kappa shape index (κ2) is 6.70. The van der Waals surface area contributed by atoms with Gasteiger partial charge in [0.05, 0.1) is 22.8 Å². The Labute approximate surface area is 139 Å². The van der Waals surface area contributed by atoms with Crippen LogP contribution in [-0.2, 0) is 18.4 Å². The van der Waals surface area contributed by atoms with E-state index < -0.39 is 0 Å². The number of fused-ring (bicyclic) bond motifs is 1. The summed E-state index contributed by atoms with van der Waals surface area (Å²) in [6, 6.07) is 13.0. The molecule has 0 bridgehead atoms.